The third-order valence-electron chi connectivity index (χ3n) is 1.98. The third kappa shape index (κ3) is 4.00. The molecule has 1 N–H and O–H groups in total. The van der Waals surface area contributed by atoms with Crippen molar-refractivity contribution in [2.24, 2.45) is 0 Å². The number of hydrogen-bond acceptors (Lipinski definition) is 2. The maximum Gasteiger partial charge on any atom is 0.251 e. The Bertz CT molecular complexity index is 358. The van der Waals surface area contributed by atoms with Crippen molar-refractivity contribution in [1.82, 2.24) is 5.32 Å². The van der Waals surface area contributed by atoms with Gasteiger partial charge in [-0.2, -0.15) is 0 Å². The summed E-state index contributed by atoms with van der Waals surface area (Å²) in [5.41, 5.74) is 0.513. The van der Waals surface area contributed by atoms with Crippen molar-refractivity contribution < 1.29 is 9.53 Å². The number of carbonyl (C=O) groups excluding carboxylic acids is 1. The Kier molecular flexibility index (Phi) is 5.60. The van der Waals surface area contributed by atoms with Gasteiger partial charge >= 0.3 is 0 Å². The Labute approximate surface area is 105 Å². The number of benzene rings is 1. The summed E-state index contributed by atoms with van der Waals surface area (Å²) in [6, 6.07) is 6.54. The molecule has 1 unspecified atom stereocenters. The van der Waals surface area contributed by atoms with Gasteiger partial charge in [0.05, 0.1) is 12.6 Å². The van der Waals surface area contributed by atoms with Gasteiger partial charge in [0.1, 0.15) is 0 Å². The van der Waals surface area contributed by atoms with Crippen LogP contribution < -0.4 is 5.32 Å². The molecule has 0 aromatic heterocycles. The third-order valence-corrected chi connectivity index (χ3v) is 2.58. The fraction of sp³-hybridized carbons (Fsp3) is 0.364. The van der Waals surface area contributed by atoms with Gasteiger partial charge in [-0.1, -0.05) is 17.7 Å². The van der Waals surface area contributed by atoms with E-state index in [0.717, 1.165) is 0 Å². The zero-order valence-electron chi connectivity index (χ0n) is 8.87. The fourth-order valence-corrected chi connectivity index (χ4v) is 1.58. The van der Waals surface area contributed by atoms with Crippen molar-refractivity contribution >= 4 is 29.1 Å². The topological polar surface area (TPSA) is 38.3 Å². The lowest BCUT2D eigenvalue weighted by atomic mass is 10.2. The Balaban J connectivity index is 2.64. The molecule has 0 bridgehead atoms. The summed E-state index contributed by atoms with van der Waals surface area (Å²) in [4.78, 5) is 11.8. The van der Waals surface area contributed by atoms with Crippen LogP contribution in [0.1, 0.15) is 10.4 Å². The molecule has 1 rings (SSSR count). The first-order valence-electron chi connectivity index (χ1n) is 4.78. The second-order valence-electron chi connectivity index (χ2n) is 3.29. The maximum absolute atomic E-state index is 11.8. The Morgan fingerprint density at radius 1 is 1.56 bits per heavy atom. The minimum atomic E-state index is -0.204. The van der Waals surface area contributed by atoms with Crippen molar-refractivity contribution in [2.45, 2.75) is 6.04 Å². The normalized spacial score (nSPS) is 12.2. The van der Waals surface area contributed by atoms with E-state index in [1.807, 2.05) is 0 Å². The summed E-state index contributed by atoms with van der Waals surface area (Å²) in [7, 11) is 1.56. The number of carbonyl (C=O) groups is 1. The van der Waals surface area contributed by atoms with Crippen LogP contribution in [0.25, 0.3) is 0 Å². The molecule has 0 aliphatic rings. The fourth-order valence-electron chi connectivity index (χ4n) is 1.22. The van der Waals surface area contributed by atoms with Gasteiger partial charge in [0, 0.05) is 23.6 Å². The Hall–Kier alpha value is -0.770. The Morgan fingerprint density at radius 2 is 2.31 bits per heavy atom. The molecule has 1 aromatic carbocycles. The predicted octanol–water partition coefficient (Wildman–Crippen LogP) is 2.32. The molecule has 1 atom stereocenters. The predicted molar refractivity (Wildman–Crippen MR) is 65.3 cm³/mol. The SMILES string of the molecule is COCC(CCl)NC(=O)c1cccc(Cl)c1. The molecule has 0 saturated heterocycles. The molecule has 0 radical (unpaired) electrons. The van der Waals surface area contributed by atoms with Gasteiger partial charge in [-0.25, -0.2) is 0 Å². The van der Waals surface area contributed by atoms with Crippen molar-refractivity contribution in [3.63, 3.8) is 0 Å². The molecule has 88 valence electrons. The summed E-state index contributed by atoms with van der Waals surface area (Å²) < 4.78 is 4.93. The lowest BCUT2D eigenvalue weighted by molar-refractivity contribution is 0.0907. The molecule has 0 aliphatic carbocycles. The van der Waals surface area contributed by atoms with Crippen molar-refractivity contribution in [3.05, 3.63) is 34.9 Å². The van der Waals surface area contributed by atoms with Crippen molar-refractivity contribution in [1.29, 1.82) is 0 Å². The quantitative estimate of drug-likeness (QED) is 0.827. The van der Waals surface area contributed by atoms with Crippen molar-refractivity contribution in [2.75, 3.05) is 19.6 Å². The maximum atomic E-state index is 11.8. The molecule has 0 aliphatic heterocycles. The van der Waals surface area contributed by atoms with E-state index in [-0.39, 0.29) is 11.9 Å². The highest BCUT2D eigenvalue weighted by Crippen LogP contribution is 2.10. The number of rotatable bonds is 5. The zero-order chi connectivity index (χ0) is 12.0. The van der Waals surface area contributed by atoms with E-state index < -0.39 is 0 Å². The highest BCUT2D eigenvalue weighted by molar-refractivity contribution is 6.31. The van der Waals surface area contributed by atoms with Gasteiger partial charge in [0.25, 0.3) is 5.91 Å². The minimum absolute atomic E-state index is 0.196. The summed E-state index contributed by atoms with van der Waals surface area (Å²) in [6.07, 6.45) is 0. The van der Waals surface area contributed by atoms with Gasteiger partial charge in [-0.05, 0) is 18.2 Å². The summed E-state index contributed by atoms with van der Waals surface area (Å²) in [5.74, 6) is 0.102. The Morgan fingerprint density at radius 3 is 2.88 bits per heavy atom. The molecule has 0 saturated carbocycles. The second kappa shape index (κ2) is 6.74. The number of hydrogen-bond donors (Lipinski definition) is 1. The standard InChI is InChI=1S/C11H13Cl2NO2/c1-16-7-10(6-12)14-11(15)8-3-2-4-9(13)5-8/h2-5,10H,6-7H2,1H3,(H,14,15). The van der Waals surface area contributed by atoms with Gasteiger partial charge in [-0.15, -0.1) is 11.6 Å². The molecule has 0 fully saturated rings. The average Bonchev–Trinajstić information content (AvgIpc) is 2.28. The molecule has 1 aromatic rings. The van der Waals surface area contributed by atoms with Crippen LogP contribution in [0.15, 0.2) is 24.3 Å². The summed E-state index contributed by atoms with van der Waals surface area (Å²) >= 11 is 11.5. The molecular weight excluding hydrogens is 249 g/mol. The van der Waals surface area contributed by atoms with Gasteiger partial charge in [0.15, 0.2) is 0 Å². The van der Waals surface area contributed by atoms with Crippen LogP contribution in [-0.4, -0.2) is 31.5 Å². The molecule has 5 heteroatoms. The number of alkyl halides is 1. The van der Waals surface area contributed by atoms with Crippen LogP contribution in [0, 0.1) is 0 Å². The van der Waals surface area contributed by atoms with Crippen LogP contribution >= 0.6 is 23.2 Å². The van der Waals surface area contributed by atoms with E-state index in [2.05, 4.69) is 5.32 Å². The first kappa shape index (κ1) is 13.3. The molecular formula is C11H13Cl2NO2. The van der Waals surface area contributed by atoms with Crippen LogP contribution in [0.5, 0.6) is 0 Å². The summed E-state index contributed by atoms with van der Waals surface area (Å²) in [6.45, 7) is 0.385. The van der Waals surface area contributed by atoms with Crippen LogP contribution in [0.2, 0.25) is 5.02 Å². The number of halogens is 2. The highest BCUT2D eigenvalue weighted by atomic mass is 35.5. The van der Waals surface area contributed by atoms with E-state index in [1.165, 1.54) is 0 Å². The lowest BCUT2D eigenvalue weighted by Crippen LogP contribution is -2.39. The average molecular weight is 262 g/mol. The van der Waals surface area contributed by atoms with Crippen LogP contribution in [0.4, 0.5) is 0 Å². The van der Waals surface area contributed by atoms with E-state index in [4.69, 9.17) is 27.9 Å². The van der Waals surface area contributed by atoms with E-state index in [9.17, 15) is 4.79 Å². The van der Waals surface area contributed by atoms with Crippen molar-refractivity contribution in [3.8, 4) is 0 Å². The number of methoxy groups -OCH3 is 1. The van der Waals surface area contributed by atoms with Gasteiger partial charge in [-0.3, -0.25) is 4.79 Å². The number of nitrogens with one attached hydrogen (secondary N) is 1. The first-order chi connectivity index (χ1) is 7.67. The van der Waals surface area contributed by atoms with Gasteiger partial charge in [0.2, 0.25) is 0 Å². The molecule has 16 heavy (non-hydrogen) atoms. The molecule has 0 heterocycles. The molecule has 1 amide bonds. The van der Waals surface area contributed by atoms with E-state index >= 15 is 0 Å². The van der Waals surface area contributed by atoms with Crippen LogP contribution in [0.3, 0.4) is 0 Å². The molecule has 3 nitrogen and oxygen atoms in total. The number of amides is 1. The summed E-state index contributed by atoms with van der Waals surface area (Å²) in [5, 5.41) is 3.29. The lowest BCUT2D eigenvalue weighted by Gasteiger charge is -2.14. The highest BCUT2D eigenvalue weighted by Gasteiger charge is 2.12. The molecule has 0 spiro atoms. The zero-order valence-corrected chi connectivity index (χ0v) is 10.4. The monoisotopic (exact) mass is 261 g/mol. The largest absolute Gasteiger partial charge is 0.383 e. The first-order valence-corrected chi connectivity index (χ1v) is 5.70. The van der Waals surface area contributed by atoms with E-state index in [0.29, 0.717) is 23.1 Å². The number of ether oxygens (including phenoxy) is 1. The minimum Gasteiger partial charge on any atom is -0.383 e. The van der Waals surface area contributed by atoms with Gasteiger partial charge < -0.3 is 10.1 Å². The second-order valence-corrected chi connectivity index (χ2v) is 4.04. The van der Waals surface area contributed by atoms with E-state index in [1.54, 1.807) is 31.4 Å². The van der Waals surface area contributed by atoms with Crippen LogP contribution in [-0.2, 0) is 4.74 Å². The smallest absolute Gasteiger partial charge is 0.251 e.